The first-order valence-corrected chi connectivity index (χ1v) is 8.56. The van der Waals surface area contributed by atoms with Gasteiger partial charge in [0, 0.05) is 31.7 Å². The van der Waals surface area contributed by atoms with E-state index in [1.165, 1.54) is 0 Å². The highest BCUT2D eigenvalue weighted by molar-refractivity contribution is 5.94. The molecule has 0 saturated carbocycles. The predicted molar refractivity (Wildman–Crippen MR) is 94.8 cm³/mol. The van der Waals surface area contributed by atoms with Crippen LogP contribution in [-0.4, -0.2) is 57.0 Å². The van der Waals surface area contributed by atoms with E-state index < -0.39 is 0 Å². The van der Waals surface area contributed by atoms with Crippen molar-refractivity contribution in [2.45, 2.75) is 19.4 Å². The number of carbonyl (C=O) groups is 2. The molecular weight excluding hydrogens is 304 g/mol. The second-order valence-electron chi connectivity index (χ2n) is 6.52. The lowest BCUT2D eigenvalue weighted by Crippen LogP contribution is -2.40. The molecule has 0 aliphatic carbocycles. The summed E-state index contributed by atoms with van der Waals surface area (Å²) in [5.41, 5.74) is 1.64. The fourth-order valence-corrected chi connectivity index (χ4v) is 2.68. The van der Waals surface area contributed by atoms with Crippen LogP contribution < -0.4 is 16.0 Å². The van der Waals surface area contributed by atoms with Crippen LogP contribution in [-0.2, 0) is 11.3 Å². The number of hydrogen-bond acceptors (Lipinski definition) is 4. The molecule has 1 saturated heterocycles. The van der Waals surface area contributed by atoms with Crippen LogP contribution in [0.3, 0.4) is 0 Å². The second-order valence-corrected chi connectivity index (χ2v) is 6.52. The molecule has 0 bridgehead atoms. The summed E-state index contributed by atoms with van der Waals surface area (Å²) in [6.07, 6.45) is 2.00. The smallest absolute Gasteiger partial charge is 0.251 e. The zero-order valence-electron chi connectivity index (χ0n) is 14.6. The number of likely N-dealkylation sites (N-methyl/N-ethyl adjacent to an activating group) is 1. The van der Waals surface area contributed by atoms with E-state index in [4.69, 9.17) is 0 Å². The third kappa shape index (κ3) is 5.94. The maximum atomic E-state index is 12.1. The Morgan fingerprint density at radius 1 is 1.21 bits per heavy atom. The van der Waals surface area contributed by atoms with Crippen molar-refractivity contribution in [3.05, 3.63) is 35.4 Å². The van der Waals surface area contributed by atoms with Gasteiger partial charge in [0.05, 0.1) is 5.92 Å². The van der Waals surface area contributed by atoms with Gasteiger partial charge in [-0.2, -0.15) is 0 Å². The van der Waals surface area contributed by atoms with E-state index in [-0.39, 0.29) is 17.7 Å². The quantitative estimate of drug-likeness (QED) is 0.683. The maximum Gasteiger partial charge on any atom is 0.251 e. The van der Waals surface area contributed by atoms with Crippen molar-refractivity contribution in [3.63, 3.8) is 0 Å². The summed E-state index contributed by atoms with van der Waals surface area (Å²) in [4.78, 5) is 26.1. The van der Waals surface area contributed by atoms with Gasteiger partial charge >= 0.3 is 0 Å². The lowest BCUT2D eigenvalue weighted by atomic mass is 9.99. The molecule has 2 rings (SSSR count). The minimum atomic E-state index is -0.0688. The molecule has 1 heterocycles. The molecule has 1 atom stereocenters. The normalized spacial score (nSPS) is 17.5. The van der Waals surface area contributed by atoms with Gasteiger partial charge in [0.1, 0.15) is 0 Å². The topological polar surface area (TPSA) is 73.5 Å². The molecule has 1 aromatic carbocycles. The first-order valence-electron chi connectivity index (χ1n) is 8.56. The zero-order chi connectivity index (χ0) is 17.4. The summed E-state index contributed by atoms with van der Waals surface area (Å²) in [6.45, 7) is 3.70. The number of nitrogens with one attached hydrogen (secondary N) is 3. The van der Waals surface area contributed by atoms with Crippen LogP contribution in [0, 0.1) is 5.92 Å². The molecule has 1 fully saturated rings. The monoisotopic (exact) mass is 332 g/mol. The number of carbonyl (C=O) groups excluding carboxylic acids is 2. The van der Waals surface area contributed by atoms with E-state index in [0.717, 1.165) is 38.0 Å². The Bertz CT molecular complexity index is 536. The van der Waals surface area contributed by atoms with Crippen LogP contribution in [0.15, 0.2) is 24.3 Å². The predicted octanol–water partition coefficient (Wildman–Crippen LogP) is 0.594. The summed E-state index contributed by atoms with van der Waals surface area (Å²) in [5.74, 6) is 0.105. The molecule has 132 valence electrons. The molecule has 1 aliphatic rings. The summed E-state index contributed by atoms with van der Waals surface area (Å²) < 4.78 is 0. The zero-order valence-corrected chi connectivity index (χ0v) is 14.6. The van der Waals surface area contributed by atoms with Crippen molar-refractivity contribution < 1.29 is 9.59 Å². The Labute approximate surface area is 144 Å². The molecule has 0 aromatic heterocycles. The Morgan fingerprint density at radius 2 is 1.96 bits per heavy atom. The van der Waals surface area contributed by atoms with E-state index >= 15 is 0 Å². The van der Waals surface area contributed by atoms with Crippen LogP contribution >= 0.6 is 0 Å². The molecule has 6 heteroatoms. The molecular formula is C18H28N4O2. The summed E-state index contributed by atoms with van der Waals surface area (Å²) >= 11 is 0. The molecule has 1 aliphatic heterocycles. The fraction of sp³-hybridized carbons (Fsp3) is 0.556. The Hall–Kier alpha value is -1.92. The standard InChI is InChI=1S/C18H28N4O2/c1-22(2)11-10-20-17(23)15-7-5-14(6-8-15)12-21-18(24)16-4-3-9-19-13-16/h5-8,16,19H,3-4,9-13H2,1-2H3,(H,20,23)(H,21,24). The number of nitrogens with zero attached hydrogens (tertiary/aromatic N) is 1. The van der Waals surface area contributed by atoms with E-state index in [1.54, 1.807) is 12.1 Å². The maximum absolute atomic E-state index is 12.1. The van der Waals surface area contributed by atoms with Crippen molar-refractivity contribution in [3.8, 4) is 0 Å². The average Bonchev–Trinajstić information content (AvgIpc) is 2.60. The van der Waals surface area contributed by atoms with Crippen LogP contribution in [0.5, 0.6) is 0 Å². The third-order valence-corrected chi connectivity index (χ3v) is 4.20. The van der Waals surface area contributed by atoms with Gasteiger partial charge < -0.3 is 20.9 Å². The second kappa shape index (κ2) is 9.39. The van der Waals surface area contributed by atoms with Crippen molar-refractivity contribution in [2.24, 2.45) is 5.92 Å². The molecule has 2 amide bonds. The highest BCUT2D eigenvalue weighted by atomic mass is 16.2. The van der Waals surface area contributed by atoms with Crippen molar-refractivity contribution >= 4 is 11.8 Å². The van der Waals surface area contributed by atoms with Gasteiger partial charge in [-0.25, -0.2) is 0 Å². The first kappa shape index (κ1) is 18.4. The minimum Gasteiger partial charge on any atom is -0.352 e. The number of amides is 2. The van der Waals surface area contributed by atoms with E-state index in [2.05, 4.69) is 16.0 Å². The van der Waals surface area contributed by atoms with Crippen molar-refractivity contribution in [2.75, 3.05) is 40.3 Å². The van der Waals surface area contributed by atoms with Crippen LogP contribution in [0.4, 0.5) is 0 Å². The van der Waals surface area contributed by atoms with Crippen molar-refractivity contribution in [1.29, 1.82) is 0 Å². The van der Waals surface area contributed by atoms with Crippen molar-refractivity contribution in [1.82, 2.24) is 20.9 Å². The summed E-state index contributed by atoms with van der Waals surface area (Å²) in [6, 6.07) is 7.38. The first-order chi connectivity index (χ1) is 11.6. The summed E-state index contributed by atoms with van der Waals surface area (Å²) in [5, 5.41) is 9.11. The van der Waals surface area contributed by atoms with Gasteiger partial charge in [0.15, 0.2) is 0 Å². The molecule has 6 nitrogen and oxygen atoms in total. The van der Waals surface area contributed by atoms with Gasteiger partial charge in [-0.3, -0.25) is 9.59 Å². The molecule has 0 radical (unpaired) electrons. The van der Waals surface area contributed by atoms with Gasteiger partial charge in [-0.15, -0.1) is 0 Å². The lowest BCUT2D eigenvalue weighted by Gasteiger charge is -2.21. The number of rotatable bonds is 7. The van der Waals surface area contributed by atoms with Gasteiger partial charge in [-0.05, 0) is 51.2 Å². The molecule has 3 N–H and O–H groups in total. The minimum absolute atomic E-state index is 0.0688. The van der Waals surface area contributed by atoms with Gasteiger partial charge in [0.2, 0.25) is 5.91 Å². The van der Waals surface area contributed by atoms with Crippen LogP contribution in [0.25, 0.3) is 0 Å². The largest absolute Gasteiger partial charge is 0.352 e. The van der Waals surface area contributed by atoms with E-state index in [9.17, 15) is 9.59 Å². The number of piperidine rings is 1. The van der Waals surface area contributed by atoms with Gasteiger partial charge in [-0.1, -0.05) is 12.1 Å². The molecule has 1 aromatic rings. The SMILES string of the molecule is CN(C)CCNC(=O)c1ccc(CNC(=O)C2CCCNC2)cc1. The average molecular weight is 332 g/mol. The number of hydrogen-bond donors (Lipinski definition) is 3. The molecule has 24 heavy (non-hydrogen) atoms. The number of benzene rings is 1. The summed E-state index contributed by atoms with van der Waals surface area (Å²) in [7, 11) is 3.94. The Kier molecular flexibility index (Phi) is 7.21. The highest BCUT2D eigenvalue weighted by Gasteiger charge is 2.20. The van der Waals surface area contributed by atoms with E-state index in [1.807, 2.05) is 31.1 Å². The van der Waals surface area contributed by atoms with Crippen LogP contribution in [0.2, 0.25) is 0 Å². The Balaban J connectivity index is 1.76. The van der Waals surface area contributed by atoms with Crippen LogP contribution in [0.1, 0.15) is 28.8 Å². The third-order valence-electron chi connectivity index (χ3n) is 4.20. The lowest BCUT2D eigenvalue weighted by molar-refractivity contribution is -0.125. The highest BCUT2D eigenvalue weighted by Crippen LogP contribution is 2.10. The Morgan fingerprint density at radius 3 is 2.58 bits per heavy atom. The van der Waals surface area contributed by atoms with Gasteiger partial charge in [0.25, 0.3) is 5.91 Å². The molecule has 0 spiro atoms. The molecule has 1 unspecified atom stereocenters. The fourth-order valence-electron chi connectivity index (χ4n) is 2.68. The van der Waals surface area contributed by atoms with E-state index in [0.29, 0.717) is 18.7 Å².